The molecule has 0 amide bonds. The average molecular weight is 459 g/mol. The zero-order chi connectivity index (χ0) is 22.0. The summed E-state index contributed by atoms with van der Waals surface area (Å²) in [5, 5.41) is 0.772. The number of hydrogen-bond donors (Lipinski definition) is 0. The van der Waals surface area contributed by atoms with Gasteiger partial charge in [-0.25, -0.2) is 0 Å². The molecule has 0 aromatic heterocycles. The van der Waals surface area contributed by atoms with Gasteiger partial charge in [-0.05, 0) is 62.7 Å². The van der Waals surface area contributed by atoms with Crippen molar-refractivity contribution in [3.8, 4) is 22.3 Å². The second-order valence-corrected chi connectivity index (χ2v) is 10.1. The topological polar surface area (TPSA) is 0 Å². The number of fused-ring (bicyclic) bond motifs is 9. The molecule has 5 aromatic rings. The van der Waals surface area contributed by atoms with Crippen LogP contribution in [0.3, 0.4) is 0 Å². The van der Waals surface area contributed by atoms with Crippen LogP contribution in [0.2, 0.25) is 5.02 Å². The maximum atomic E-state index is 6.87. The number of rotatable bonds is 1. The Hall–Kier alpha value is -3.26. The Kier molecular flexibility index (Phi) is 4.15. The van der Waals surface area contributed by atoms with Crippen LogP contribution in [-0.4, -0.2) is 0 Å². The molecule has 0 fully saturated rings. The van der Waals surface area contributed by atoms with Crippen LogP contribution in [0.15, 0.2) is 125 Å². The van der Waals surface area contributed by atoms with Gasteiger partial charge in [0.05, 0.1) is 5.41 Å². The van der Waals surface area contributed by atoms with Gasteiger partial charge in [0, 0.05) is 14.8 Å². The minimum Gasteiger partial charge on any atom is -0.0887 e. The van der Waals surface area contributed by atoms with Gasteiger partial charge in [-0.1, -0.05) is 120 Å². The van der Waals surface area contributed by atoms with Crippen molar-refractivity contribution < 1.29 is 0 Å². The Morgan fingerprint density at radius 2 is 1.09 bits per heavy atom. The highest BCUT2D eigenvalue weighted by molar-refractivity contribution is 7.99. The van der Waals surface area contributed by atoms with E-state index in [1.807, 2.05) is 11.8 Å². The molecular weight excluding hydrogens is 440 g/mol. The molecule has 33 heavy (non-hydrogen) atoms. The lowest BCUT2D eigenvalue weighted by atomic mass is 9.67. The van der Waals surface area contributed by atoms with Crippen molar-refractivity contribution in [3.63, 3.8) is 0 Å². The maximum Gasteiger partial charge on any atom is 0.0736 e. The molecule has 0 radical (unpaired) electrons. The molecule has 0 nitrogen and oxygen atoms in total. The molecule has 7 rings (SSSR count). The highest BCUT2D eigenvalue weighted by atomic mass is 35.5. The van der Waals surface area contributed by atoms with E-state index < -0.39 is 5.41 Å². The van der Waals surface area contributed by atoms with Crippen molar-refractivity contribution >= 4 is 23.4 Å². The number of halogens is 1. The van der Waals surface area contributed by atoms with Gasteiger partial charge in [0.25, 0.3) is 0 Å². The van der Waals surface area contributed by atoms with E-state index in [9.17, 15) is 0 Å². The summed E-state index contributed by atoms with van der Waals surface area (Å²) in [5.41, 5.74) is 9.89. The zero-order valence-corrected chi connectivity index (χ0v) is 19.3. The lowest BCUT2D eigenvalue weighted by Crippen LogP contribution is -2.32. The van der Waals surface area contributed by atoms with Gasteiger partial charge in [-0.15, -0.1) is 0 Å². The van der Waals surface area contributed by atoms with Crippen molar-refractivity contribution in [3.05, 3.63) is 143 Å². The molecule has 5 aromatic carbocycles. The lowest BCUT2D eigenvalue weighted by molar-refractivity contribution is 0.723. The molecule has 2 heteroatoms. The molecule has 0 atom stereocenters. The van der Waals surface area contributed by atoms with Gasteiger partial charge in [-0.3, -0.25) is 0 Å². The Labute approximate surface area is 202 Å². The summed E-state index contributed by atoms with van der Waals surface area (Å²) in [6, 6.07) is 41.5. The molecule has 156 valence electrons. The quantitative estimate of drug-likeness (QED) is 0.237. The summed E-state index contributed by atoms with van der Waals surface area (Å²) in [6.45, 7) is 0. The Bertz CT molecular complexity index is 1510. The predicted molar refractivity (Wildman–Crippen MR) is 138 cm³/mol. The second kappa shape index (κ2) is 7.12. The van der Waals surface area contributed by atoms with Gasteiger partial charge < -0.3 is 0 Å². The first-order chi connectivity index (χ1) is 16.3. The van der Waals surface area contributed by atoms with E-state index in [-0.39, 0.29) is 0 Å². The smallest absolute Gasteiger partial charge is 0.0736 e. The molecule has 1 spiro atoms. The summed E-state index contributed by atoms with van der Waals surface area (Å²) in [4.78, 5) is 2.59. The molecule has 0 saturated heterocycles. The molecule has 0 bridgehead atoms. The lowest BCUT2D eigenvalue weighted by Gasteiger charge is -2.40. The third kappa shape index (κ3) is 2.55. The fourth-order valence-electron chi connectivity index (χ4n) is 5.75. The SMILES string of the molecule is Clc1cc(-c2ccccc2)c2c(c1)C1(c3ccccc3S2)c2ccccc2-c2ccccc21. The second-order valence-electron chi connectivity index (χ2n) is 8.64. The molecule has 1 aliphatic heterocycles. The standard InChI is InChI=1S/C31H19ClS/c32-21-18-24(20-10-2-1-3-11-20)30-28(19-21)31(27-16-8-9-17-29(27)33-30)25-14-6-4-12-22(25)23-13-5-7-15-26(23)31/h1-19H. The maximum absolute atomic E-state index is 6.87. The highest BCUT2D eigenvalue weighted by Crippen LogP contribution is 2.63. The first kappa shape index (κ1) is 19.2. The third-order valence-electron chi connectivity index (χ3n) is 7.00. The van der Waals surface area contributed by atoms with Gasteiger partial charge in [0.2, 0.25) is 0 Å². The minimum atomic E-state index is -0.390. The fraction of sp³-hybridized carbons (Fsp3) is 0.0323. The monoisotopic (exact) mass is 458 g/mol. The summed E-state index contributed by atoms with van der Waals surface area (Å²) in [6.07, 6.45) is 0. The van der Waals surface area contributed by atoms with Gasteiger partial charge >= 0.3 is 0 Å². The number of benzene rings is 5. The van der Waals surface area contributed by atoms with E-state index in [2.05, 4.69) is 115 Å². The summed E-state index contributed by atoms with van der Waals surface area (Å²) in [7, 11) is 0. The van der Waals surface area contributed by atoms with E-state index in [4.69, 9.17) is 11.6 Å². The minimum absolute atomic E-state index is 0.390. The molecule has 2 aliphatic rings. The normalized spacial score (nSPS) is 14.3. The van der Waals surface area contributed by atoms with E-state index in [0.29, 0.717) is 0 Å². The van der Waals surface area contributed by atoms with Crippen LogP contribution in [0.4, 0.5) is 0 Å². The first-order valence-electron chi connectivity index (χ1n) is 11.1. The van der Waals surface area contributed by atoms with Crippen molar-refractivity contribution in [2.75, 3.05) is 0 Å². The molecule has 0 N–H and O–H groups in total. The summed E-state index contributed by atoms with van der Waals surface area (Å²) >= 11 is 8.73. The van der Waals surface area contributed by atoms with E-state index in [1.54, 1.807) is 0 Å². The molecule has 0 unspecified atom stereocenters. The van der Waals surface area contributed by atoms with E-state index in [1.165, 1.54) is 54.3 Å². The van der Waals surface area contributed by atoms with E-state index in [0.717, 1.165) is 5.02 Å². The highest BCUT2D eigenvalue weighted by Gasteiger charge is 2.50. The summed E-state index contributed by atoms with van der Waals surface area (Å²) < 4.78 is 0. The van der Waals surface area contributed by atoms with Gasteiger partial charge in [-0.2, -0.15) is 0 Å². The van der Waals surface area contributed by atoms with Crippen LogP contribution in [-0.2, 0) is 5.41 Å². The largest absolute Gasteiger partial charge is 0.0887 e. The van der Waals surface area contributed by atoms with Crippen LogP contribution in [0.1, 0.15) is 22.3 Å². The zero-order valence-electron chi connectivity index (χ0n) is 17.8. The van der Waals surface area contributed by atoms with Crippen LogP contribution in [0, 0.1) is 0 Å². The van der Waals surface area contributed by atoms with Crippen molar-refractivity contribution in [1.82, 2.24) is 0 Å². The van der Waals surface area contributed by atoms with Crippen molar-refractivity contribution in [2.24, 2.45) is 0 Å². The third-order valence-corrected chi connectivity index (χ3v) is 8.44. The first-order valence-corrected chi connectivity index (χ1v) is 12.3. The predicted octanol–water partition coefficient (Wildman–Crippen LogP) is 8.83. The Balaban J connectivity index is 1.68. The van der Waals surface area contributed by atoms with Crippen molar-refractivity contribution in [2.45, 2.75) is 15.2 Å². The Morgan fingerprint density at radius 3 is 1.79 bits per heavy atom. The summed E-state index contributed by atoms with van der Waals surface area (Å²) in [5.74, 6) is 0. The number of hydrogen-bond acceptors (Lipinski definition) is 1. The van der Waals surface area contributed by atoms with Crippen molar-refractivity contribution in [1.29, 1.82) is 0 Å². The van der Waals surface area contributed by atoms with E-state index >= 15 is 0 Å². The van der Waals surface area contributed by atoms with Crippen LogP contribution in [0.25, 0.3) is 22.3 Å². The molecule has 0 saturated carbocycles. The van der Waals surface area contributed by atoms with Gasteiger partial charge in [0.1, 0.15) is 0 Å². The van der Waals surface area contributed by atoms with Crippen LogP contribution < -0.4 is 0 Å². The van der Waals surface area contributed by atoms with Crippen LogP contribution >= 0.6 is 23.4 Å². The Morgan fingerprint density at radius 1 is 0.515 bits per heavy atom. The average Bonchev–Trinajstić information content (AvgIpc) is 3.16. The fourth-order valence-corrected chi connectivity index (χ4v) is 7.27. The molecule has 1 heterocycles. The van der Waals surface area contributed by atoms with Gasteiger partial charge in [0.15, 0.2) is 0 Å². The molecular formula is C31H19ClS. The molecule has 1 aliphatic carbocycles. The van der Waals surface area contributed by atoms with Crippen LogP contribution in [0.5, 0.6) is 0 Å².